The van der Waals surface area contributed by atoms with Gasteiger partial charge in [-0.15, -0.1) is 0 Å². The van der Waals surface area contributed by atoms with E-state index >= 15 is 0 Å². The van der Waals surface area contributed by atoms with E-state index in [1.54, 1.807) is 0 Å². The van der Waals surface area contributed by atoms with Crippen molar-refractivity contribution in [2.45, 2.75) is 45.3 Å². The Bertz CT molecular complexity index is 167. The molecule has 0 unspecified atom stereocenters. The maximum Gasteiger partial charge on any atom is 0.411 e. The Balaban J connectivity index is 3.54. The van der Waals surface area contributed by atoms with E-state index in [0.29, 0.717) is 6.54 Å². The Kier molecular flexibility index (Phi) is 6.20. The third-order valence-electron chi connectivity index (χ3n) is 2.62. The molecule has 2 nitrogen and oxygen atoms in total. The van der Waals surface area contributed by atoms with E-state index in [1.165, 1.54) is 0 Å². The van der Waals surface area contributed by atoms with Crippen molar-refractivity contribution in [3.8, 4) is 0 Å². The average molecular weight is 227 g/mol. The predicted octanol–water partition coefficient (Wildman–Crippen LogP) is 2.73. The molecule has 0 amide bonds. The van der Waals surface area contributed by atoms with E-state index in [-0.39, 0.29) is 12.1 Å². The van der Waals surface area contributed by atoms with Crippen LogP contribution in [0.2, 0.25) is 0 Å². The quantitative estimate of drug-likeness (QED) is 0.675. The third-order valence-corrected chi connectivity index (χ3v) is 2.62. The highest BCUT2D eigenvalue weighted by atomic mass is 19.4. The molecule has 0 heterocycles. The first-order chi connectivity index (χ1) is 6.83. The number of ether oxygens (including phenoxy) is 1. The zero-order valence-corrected chi connectivity index (χ0v) is 9.58. The van der Waals surface area contributed by atoms with Crippen molar-refractivity contribution in [1.29, 1.82) is 0 Å². The van der Waals surface area contributed by atoms with Crippen molar-refractivity contribution < 1.29 is 17.9 Å². The first kappa shape index (κ1) is 14.7. The zero-order valence-electron chi connectivity index (χ0n) is 9.58. The van der Waals surface area contributed by atoms with Gasteiger partial charge in [-0.2, -0.15) is 13.2 Å². The molecular formula is C10H20F3NO. The smallest absolute Gasteiger partial charge is 0.371 e. The van der Waals surface area contributed by atoms with Crippen LogP contribution in [0.4, 0.5) is 13.2 Å². The van der Waals surface area contributed by atoms with Crippen LogP contribution in [-0.2, 0) is 4.74 Å². The number of alkyl halides is 3. The Morgan fingerprint density at radius 1 is 1.13 bits per heavy atom. The Morgan fingerprint density at radius 3 is 2.07 bits per heavy atom. The van der Waals surface area contributed by atoms with Crippen LogP contribution in [0.25, 0.3) is 0 Å². The van der Waals surface area contributed by atoms with Crippen LogP contribution in [0.15, 0.2) is 0 Å². The first-order valence-corrected chi connectivity index (χ1v) is 5.22. The Labute approximate surface area is 89.2 Å². The van der Waals surface area contributed by atoms with E-state index in [2.05, 4.69) is 17.0 Å². The van der Waals surface area contributed by atoms with Gasteiger partial charge in [0.1, 0.15) is 6.61 Å². The highest BCUT2D eigenvalue weighted by Crippen LogP contribution is 2.15. The van der Waals surface area contributed by atoms with Crippen LogP contribution in [0.5, 0.6) is 0 Å². The van der Waals surface area contributed by atoms with Crippen molar-refractivity contribution in [2.75, 3.05) is 19.8 Å². The summed E-state index contributed by atoms with van der Waals surface area (Å²) in [5.41, 5.74) is 0.00158. The zero-order chi connectivity index (χ0) is 11.9. The van der Waals surface area contributed by atoms with E-state index in [0.717, 1.165) is 12.8 Å². The highest BCUT2D eigenvalue weighted by molar-refractivity contribution is 4.79. The Hall–Kier alpha value is -0.290. The van der Waals surface area contributed by atoms with Crippen LogP contribution in [0.1, 0.15) is 33.6 Å². The van der Waals surface area contributed by atoms with E-state index in [1.807, 2.05) is 13.8 Å². The largest absolute Gasteiger partial charge is 0.411 e. The molecule has 0 aliphatic carbocycles. The normalized spacial score (nSPS) is 13.2. The monoisotopic (exact) mass is 227 g/mol. The molecule has 15 heavy (non-hydrogen) atoms. The summed E-state index contributed by atoms with van der Waals surface area (Å²) in [6.45, 7) is 5.53. The van der Waals surface area contributed by atoms with Crippen LogP contribution < -0.4 is 5.32 Å². The topological polar surface area (TPSA) is 21.3 Å². The predicted molar refractivity (Wildman–Crippen MR) is 53.9 cm³/mol. The number of hydrogen-bond donors (Lipinski definition) is 1. The second-order valence-corrected chi connectivity index (χ2v) is 3.86. The fourth-order valence-electron chi connectivity index (χ4n) is 1.11. The summed E-state index contributed by atoms with van der Waals surface area (Å²) in [7, 11) is 0. The van der Waals surface area contributed by atoms with E-state index < -0.39 is 12.8 Å². The molecule has 0 saturated carbocycles. The lowest BCUT2D eigenvalue weighted by atomic mass is 9.96. The van der Waals surface area contributed by atoms with Crippen LogP contribution in [0, 0.1) is 0 Å². The summed E-state index contributed by atoms with van der Waals surface area (Å²) in [6.07, 6.45) is -2.33. The van der Waals surface area contributed by atoms with E-state index in [4.69, 9.17) is 0 Å². The van der Waals surface area contributed by atoms with Gasteiger partial charge in [0.05, 0.1) is 6.61 Å². The molecule has 0 bridgehead atoms. The van der Waals surface area contributed by atoms with Gasteiger partial charge in [0.15, 0.2) is 0 Å². The van der Waals surface area contributed by atoms with Crippen LogP contribution in [-0.4, -0.2) is 31.5 Å². The van der Waals surface area contributed by atoms with Crippen LogP contribution >= 0.6 is 0 Å². The van der Waals surface area contributed by atoms with Crippen LogP contribution in [0.3, 0.4) is 0 Å². The third kappa shape index (κ3) is 7.62. The molecule has 0 fully saturated rings. The molecule has 0 aliphatic rings. The molecule has 0 radical (unpaired) electrons. The van der Waals surface area contributed by atoms with Crippen molar-refractivity contribution in [1.82, 2.24) is 5.32 Å². The fraction of sp³-hybridized carbons (Fsp3) is 1.00. The summed E-state index contributed by atoms with van der Waals surface area (Å²) in [5.74, 6) is 0. The minimum atomic E-state index is -4.22. The van der Waals surface area contributed by atoms with Gasteiger partial charge in [0.25, 0.3) is 0 Å². The van der Waals surface area contributed by atoms with E-state index in [9.17, 15) is 13.2 Å². The van der Waals surface area contributed by atoms with Gasteiger partial charge in [-0.05, 0) is 19.8 Å². The first-order valence-electron chi connectivity index (χ1n) is 5.22. The minimum Gasteiger partial charge on any atom is -0.371 e. The van der Waals surface area contributed by atoms with Crippen molar-refractivity contribution in [3.05, 3.63) is 0 Å². The van der Waals surface area contributed by atoms with Gasteiger partial charge in [-0.3, -0.25) is 0 Å². The Morgan fingerprint density at radius 2 is 1.67 bits per heavy atom. The SMILES string of the molecule is CCC(C)(CC)NCCOCC(F)(F)F. The molecule has 0 aromatic heterocycles. The molecule has 0 spiro atoms. The maximum atomic E-state index is 11.7. The lowest BCUT2D eigenvalue weighted by Gasteiger charge is -2.28. The minimum absolute atomic E-state index is 0.00158. The standard InChI is InChI=1S/C10H20F3NO/c1-4-9(3,5-2)14-6-7-15-8-10(11,12)13/h14H,4-8H2,1-3H3. The number of halogens is 3. The van der Waals surface area contributed by atoms with Gasteiger partial charge >= 0.3 is 6.18 Å². The molecule has 0 aliphatic heterocycles. The second-order valence-electron chi connectivity index (χ2n) is 3.86. The maximum absolute atomic E-state index is 11.7. The lowest BCUT2D eigenvalue weighted by Crippen LogP contribution is -2.43. The molecule has 5 heteroatoms. The summed E-state index contributed by atoms with van der Waals surface area (Å²) in [6, 6.07) is 0. The number of nitrogens with one attached hydrogen (secondary N) is 1. The second kappa shape index (κ2) is 6.33. The van der Waals surface area contributed by atoms with Crippen molar-refractivity contribution in [2.24, 2.45) is 0 Å². The molecule has 0 aromatic rings. The van der Waals surface area contributed by atoms with Crippen molar-refractivity contribution in [3.63, 3.8) is 0 Å². The molecule has 92 valence electrons. The van der Waals surface area contributed by atoms with Gasteiger partial charge in [-0.1, -0.05) is 13.8 Å². The molecule has 0 saturated heterocycles. The fourth-order valence-corrected chi connectivity index (χ4v) is 1.11. The molecule has 0 aromatic carbocycles. The van der Waals surface area contributed by atoms with Crippen molar-refractivity contribution >= 4 is 0 Å². The van der Waals surface area contributed by atoms with Gasteiger partial charge in [-0.25, -0.2) is 0 Å². The summed E-state index contributed by atoms with van der Waals surface area (Å²) in [5, 5.41) is 3.19. The molecule has 1 N–H and O–H groups in total. The lowest BCUT2D eigenvalue weighted by molar-refractivity contribution is -0.173. The molecular weight excluding hydrogens is 207 g/mol. The average Bonchev–Trinajstić information content (AvgIpc) is 2.15. The van der Waals surface area contributed by atoms with Gasteiger partial charge in [0.2, 0.25) is 0 Å². The molecule has 0 atom stereocenters. The summed E-state index contributed by atoms with van der Waals surface area (Å²) in [4.78, 5) is 0. The highest BCUT2D eigenvalue weighted by Gasteiger charge is 2.27. The van der Waals surface area contributed by atoms with Gasteiger partial charge in [0, 0.05) is 12.1 Å². The number of rotatable bonds is 7. The van der Waals surface area contributed by atoms with Gasteiger partial charge < -0.3 is 10.1 Å². The summed E-state index contributed by atoms with van der Waals surface area (Å²) >= 11 is 0. The number of hydrogen-bond acceptors (Lipinski definition) is 2. The molecule has 0 rings (SSSR count). The summed E-state index contributed by atoms with van der Waals surface area (Å²) < 4.78 is 39.6.